The van der Waals surface area contributed by atoms with Crippen LogP contribution in [0.3, 0.4) is 0 Å². The highest BCUT2D eigenvalue weighted by Gasteiger charge is 2.50. The Morgan fingerprint density at radius 1 is 1.69 bits per heavy atom. The van der Waals surface area contributed by atoms with E-state index in [0.717, 1.165) is 12.8 Å². The molecule has 0 aromatic rings. The highest BCUT2D eigenvalue weighted by Crippen LogP contribution is 2.35. The first-order valence-corrected chi connectivity index (χ1v) is 5.72. The smallest absolute Gasteiger partial charge is 0.321 e. The first-order chi connectivity index (χ1) is 7.53. The van der Waals surface area contributed by atoms with E-state index in [1.165, 1.54) is 0 Å². The molecule has 0 spiro atoms. The lowest BCUT2D eigenvalue weighted by Crippen LogP contribution is -2.48. The van der Waals surface area contributed by atoms with Crippen molar-refractivity contribution in [2.24, 2.45) is 11.1 Å². The van der Waals surface area contributed by atoms with Gasteiger partial charge in [0, 0.05) is 6.42 Å². The minimum atomic E-state index is -1.08. The molecular formula is C10H16N2O3S. The molecular weight excluding hydrogens is 228 g/mol. The quantitative estimate of drug-likeness (QED) is 0.427. The van der Waals surface area contributed by atoms with E-state index in [1.807, 2.05) is 6.92 Å². The van der Waals surface area contributed by atoms with Crippen LogP contribution in [0, 0.1) is 5.41 Å². The van der Waals surface area contributed by atoms with E-state index in [-0.39, 0.29) is 11.7 Å². The number of thiocarbonyl (C=S) groups is 1. The Morgan fingerprint density at radius 2 is 2.38 bits per heavy atom. The lowest BCUT2D eigenvalue weighted by molar-refractivity contribution is -0.152. The SMILES string of the molecule is CCCC[C@]1(C(=O)NC(N)=S)CCOC1=O. The second kappa shape index (κ2) is 5.25. The molecule has 1 aliphatic rings. The molecule has 16 heavy (non-hydrogen) atoms. The maximum Gasteiger partial charge on any atom is 0.321 e. The van der Waals surface area contributed by atoms with Crippen molar-refractivity contribution in [3.63, 3.8) is 0 Å². The number of hydrogen-bond acceptors (Lipinski definition) is 4. The summed E-state index contributed by atoms with van der Waals surface area (Å²) in [5.41, 5.74) is 4.16. The first kappa shape index (κ1) is 12.9. The highest BCUT2D eigenvalue weighted by molar-refractivity contribution is 7.80. The largest absolute Gasteiger partial charge is 0.465 e. The second-order valence-electron chi connectivity index (χ2n) is 3.89. The van der Waals surface area contributed by atoms with Crippen molar-refractivity contribution < 1.29 is 14.3 Å². The van der Waals surface area contributed by atoms with Crippen molar-refractivity contribution in [3.8, 4) is 0 Å². The van der Waals surface area contributed by atoms with Crippen LogP contribution in [-0.2, 0) is 14.3 Å². The molecule has 1 atom stereocenters. The molecule has 6 heteroatoms. The van der Waals surface area contributed by atoms with Crippen LogP contribution in [0.4, 0.5) is 0 Å². The summed E-state index contributed by atoms with van der Waals surface area (Å²) in [5.74, 6) is -0.898. The highest BCUT2D eigenvalue weighted by atomic mass is 32.1. The van der Waals surface area contributed by atoms with Gasteiger partial charge >= 0.3 is 5.97 Å². The predicted octanol–water partition coefficient (Wildman–Crippen LogP) is 0.470. The van der Waals surface area contributed by atoms with Gasteiger partial charge in [0.2, 0.25) is 5.91 Å². The number of carbonyl (C=O) groups excluding carboxylic acids is 2. The number of cyclic esters (lactones) is 1. The zero-order valence-corrected chi connectivity index (χ0v) is 10.1. The van der Waals surface area contributed by atoms with Crippen molar-refractivity contribution in [2.75, 3.05) is 6.61 Å². The fourth-order valence-corrected chi connectivity index (χ4v) is 1.91. The van der Waals surface area contributed by atoms with Crippen LogP contribution in [0.15, 0.2) is 0 Å². The summed E-state index contributed by atoms with van der Waals surface area (Å²) < 4.78 is 4.88. The topological polar surface area (TPSA) is 81.4 Å². The van der Waals surface area contributed by atoms with Crippen LogP contribution in [0.25, 0.3) is 0 Å². The zero-order valence-electron chi connectivity index (χ0n) is 9.25. The lowest BCUT2D eigenvalue weighted by Gasteiger charge is -2.22. The fraction of sp³-hybridized carbons (Fsp3) is 0.700. The molecule has 0 bridgehead atoms. The number of amides is 1. The number of nitrogens with two attached hydrogens (primary N) is 1. The van der Waals surface area contributed by atoms with Crippen molar-refractivity contribution in [1.82, 2.24) is 5.32 Å². The van der Waals surface area contributed by atoms with Gasteiger partial charge in [-0.15, -0.1) is 0 Å². The molecule has 1 heterocycles. The molecule has 5 nitrogen and oxygen atoms in total. The number of hydrogen-bond donors (Lipinski definition) is 2. The van der Waals surface area contributed by atoms with Gasteiger partial charge in [0.15, 0.2) is 5.11 Å². The van der Waals surface area contributed by atoms with Gasteiger partial charge in [-0.2, -0.15) is 0 Å². The molecule has 1 saturated heterocycles. The van der Waals surface area contributed by atoms with E-state index >= 15 is 0 Å². The van der Waals surface area contributed by atoms with Gasteiger partial charge in [0.25, 0.3) is 0 Å². The Hall–Kier alpha value is -1.17. The number of rotatable bonds is 4. The van der Waals surface area contributed by atoms with Crippen LogP contribution < -0.4 is 11.1 Å². The van der Waals surface area contributed by atoms with E-state index in [0.29, 0.717) is 12.8 Å². The first-order valence-electron chi connectivity index (χ1n) is 5.31. The second-order valence-corrected chi connectivity index (χ2v) is 4.33. The van der Waals surface area contributed by atoms with Crippen molar-refractivity contribution in [2.45, 2.75) is 32.6 Å². The summed E-state index contributed by atoms with van der Waals surface area (Å²) in [6.07, 6.45) is 2.59. The third-order valence-corrected chi connectivity index (χ3v) is 2.88. The molecule has 0 saturated carbocycles. The Morgan fingerprint density at radius 3 is 2.81 bits per heavy atom. The van der Waals surface area contributed by atoms with Crippen molar-refractivity contribution in [3.05, 3.63) is 0 Å². The maximum atomic E-state index is 11.9. The van der Waals surface area contributed by atoms with Gasteiger partial charge < -0.3 is 15.8 Å². The van der Waals surface area contributed by atoms with E-state index in [4.69, 9.17) is 10.5 Å². The van der Waals surface area contributed by atoms with Gasteiger partial charge in [-0.05, 0) is 18.6 Å². The van der Waals surface area contributed by atoms with Gasteiger partial charge in [-0.25, -0.2) is 0 Å². The third kappa shape index (κ3) is 2.49. The third-order valence-electron chi connectivity index (χ3n) is 2.78. The molecule has 3 N–H and O–H groups in total. The normalized spacial score (nSPS) is 23.9. The average Bonchev–Trinajstić information content (AvgIpc) is 2.57. The molecule has 0 unspecified atom stereocenters. The summed E-state index contributed by atoms with van der Waals surface area (Å²) in [6.45, 7) is 2.28. The molecule has 0 aliphatic carbocycles. The summed E-state index contributed by atoms with van der Waals surface area (Å²) in [7, 11) is 0. The molecule has 0 radical (unpaired) electrons. The maximum absolute atomic E-state index is 11.9. The summed E-state index contributed by atoms with van der Waals surface area (Å²) in [4.78, 5) is 23.6. The van der Waals surface area contributed by atoms with Crippen LogP contribution in [0.2, 0.25) is 0 Å². The van der Waals surface area contributed by atoms with Crippen LogP contribution in [0.5, 0.6) is 0 Å². The summed E-state index contributed by atoms with van der Waals surface area (Å²) in [6, 6.07) is 0. The van der Waals surface area contributed by atoms with Gasteiger partial charge in [-0.3, -0.25) is 9.59 Å². The van der Waals surface area contributed by atoms with Crippen molar-refractivity contribution >= 4 is 29.2 Å². The molecule has 1 amide bonds. The average molecular weight is 244 g/mol. The summed E-state index contributed by atoms with van der Waals surface area (Å²) >= 11 is 4.60. The van der Waals surface area contributed by atoms with Crippen LogP contribution in [-0.4, -0.2) is 23.6 Å². The molecule has 0 aromatic heterocycles. The van der Waals surface area contributed by atoms with Gasteiger partial charge in [0.1, 0.15) is 5.41 Å². The fourth-order valence-electron chi connectivity index (χ4n) is 1.82. The minimum Gasteiger partial charge on any atom is -0.465 e. The van der Waals surface area contributed by atoms with E-state index in [1.54, 1.807) is 0 Å². The Kier molecular flexibility index (Phi) is 4.23. The van der Waals surface area contributed by atoms with E-state index in [2.05, 4.69) is 17.5 Å². The van der Waals surface area contributed by atoms with Gasteiger partial charge in [0.05, 0.1) is 6.61 Å². The molecule has 1 fully saturated rings. The van der Waals surface area contributed by atoms with E-state index < -0.39 is 17.3 Å². The Labute approximate surface area is 99.7 Å². The van der Waals surface area contributed by atoms with Crippen LogP contribution in [0.1, 0.15) is 32.6 Å². The number of carbonyl (C=O) groups is 2. The molecule has 1 rings (SSSR count). The number of unbranched alkanes of at least 4 members (excludes halogenated alkanes) is 1. The molecule has 90 valence electrons. The Bertz CT molecular complexity index is 319. The minimum absolute atomic E-state index is 0.111. The predicted molar refractivity (Wildman–Crippen MR) is 62.5 cm³/mol. The lowest BCUT2D eigenvalue weighted by atomic mass is 9.80. The monoisotopic (exact) mass is 244 g/mol. The van der Waals surface area contributed by atoms with Gasteiger partial charge in [-0.1, -0.05) is 19.8 Å². The summed E-state index contributed by atoms with van der Waals surface area (Å²) in [5, 5.41) is 2.22. The molecule has 0 aromatic carbocycles. The number of esters is 1. The number of nitrogens with one attached hydrogen (secondary N) is 1. The van der Waals surface area contributed by atoms with E-state index in [9.17, 15) is 9.59 Å². The number of ether oxygens (including phenoxy) is 1. The molecule has 1 aliphatic heterocycles. The standard InChI is InChI=1S/C10H16N2O3S/c1-2-3-4-10(5-6-15-8(10)14)7(13)12-9(11)16/h2-6H2,1H3,(H3,11,12,13,16)/t10-/m1/s1. The zero-order chi connectivity index (χ0) is 12.2. The van der Waals surface area contributed by atoms with Crippen molar-refractivity contribution in [1.29, 1.82) is 0 Å². The van der Waals surface area contributed by atoms with Crippen LogP contribution >= 0.6 is 12.2 Å². The Balaban J connectivity index is 2.82.